The lowest BCUT2D eigenvalue weighted by atomic mass is 9.76. The van der Waals surface area contributed by atoms with Crippen molar-refractivity contribution < 1.29 is 7.31 Å². The molecule has 1 nitrogen and oxygen atoms in total. The Morgan fingerprint density at radius 1 is 0.769 bits per heavy atom. The molecule has 6 rings (SSSR count). The highest BCUT2D eigenvalue weighted by molar-refractivity contribution is 7.00. The molecule has 1 heterocycles. The molecule has 4 aromatic rings. The number of hydrogen-bond acceptors (Lipinski definition) is 0. The molecular weight excluding hydrogens is 487 g/mol. The Balaban J connectivity index is 1.57. The minimum atomic E-state index is -1.95. The van der Waals surface area contributed by atoms with Gasteiger partial charge in [0.1, 0.15) is 16.5 Å². The van der Waals surface area contributed by atoms with Gasteiger partial charge in [0.2, 0.25) is 5.69 Å². The van der Waals surface area contributed by atoms with E-state index in [1.807, 2.05) is 11.6 Å². The van der Waals surface area contributed by atoms with Crippen LogP contribution in [0.2, 0.25) is 13.1 Å². The van der Waals surface area contributed by atoms with Gasteiger partial charge in [0.25, 0.3) is 0 Å². The van der Waals surface area contributed by atoms with Crippen LogP contribution < -0.4 is 14.9 Å². The second kappa shape index (κ2) is 11.0. The van der Waals surface area contributed by atoms with E-state index >= 15 is 0 Å². The average Bonchev–Trinajstić information content (AvgIpc) is 3.02. The van der Waals surface area contributed by atoms with E-state index in [1.54, 1.807) is 5.56 Å². The normalized spacial score (nSPS) is 18.3. The molecule has 0 bridgehead atoms. The predicted octanol–water partition coefficient (Wildman–Crippen LogP) is 8.56. The summed E-state index contributed by atoms with van der Waals surface area (Å²) in [6, 6.07) is 23.1. The molecule has 2 aliphatic rings. The number of rotatable bonds is 5. The van der Waals surface area contributed by atoms with Crippen molar-refractivity contribution in [3.8, 4) is 11.3 Å². The van der Waals surface area contributed by atoms with E-state index < -0.39 is 8.07 Å². The van der Waals surface area contributed by atoms with Crippen molar-refractivity contribution in [2.75, 3.05) is 0 Å². The molecule has 0 N–H and O–H groups in total. The maximum absolute atomic E-state index is 9.06. The number of nitrogens with zero attached hydrogens (tertiary/aromatic N) is 1. The topological polar surface area (TPSA) is 3.88 Å². The molecule has 1 aromatic heterocycles. The van der Waals surface area contributed by atoms with Gasteiger partial charge in [-0.3, -0.25) is 0 Å². The lowest BCUT2D eigenvalue weighted by Gasteiger charge is -2.28. The molecule has 0 unspecified atom stereocenters. The highest BCUT2D eigenvalue weighted by atomic mass is 28.3. The SMILES string of the molecule is [2H]c1c([2H])[n+](C)c(-c2cc(C3CCCCC3)cc(C3CCCCC3)c2C)c2ccc([Si](C)(C)c3ccccc3)cc12. The number of fused-ring (bicyclic) bond motifs is 1. The first-order valence-corrected chi connectivity index (χ1v) is 18.4. The molecule has 2 heteroatoms. The second-order valence-corrected chi connectivity index (χ2v) is 17.3. The van der Waals surface area contributed by atoms with Crippen LogP contribution in [0.5, 0.6) is 0 Å². The van der Waals surface area contributed by atoms with Crippen LogP contribution in [-0.4, -0.2) is 8.07 Å². The van der Waals surface area contributed by atoms with Crippen LogP contribution in [0.1, 0.15) is 95.5 Å². The van der Waals surface area contributed by atoms with Crippen LogP contribution in [0.4, 0.5) is 0 Å². The standard InChI is InChI=1S/C37H46NSi/c1-27-35(29-16-10-6-11-17-29)25-31(28-14-8-5-9-15-28)26-36(27)37-34-21-20-33(24-30(34)22-23-38(37)2)39(3,4)32-18-12-7-13-19-32/h7,12-13,18-26,28-29H,5-6,8-11,14-17H2,1-4H3/q+1/i22D,23D. The number of hydrogen-bond donors (Lipinski definition) is 0. The van der Waals surface area contributed by atoms with Gasteiger partial charge in [-0.2, -0.15) is 0 Å². The molecule has 0 spiro atoms. The highest BCUT2D eigenvalue weighted by Crippen LogP contribution is 2.42. The Bertz CT molecular complexity index is 1560. The Kier molecular flexibility index (Phi) is 6.83. The quantitative estimate of drug-likeness (QED) is 0.178. The molecule has 0 radical (unpaired) electrons. The predicted molar refractivity (Wildman–Crippen MR) is 170 cm³/mol. The van der Waals surface area contributed by atoms with Gasteiger partial charge < -0.3 is 0 Å². The molecule has 202 valence electrons. The smallest absolute Gasteiger partial charge is 0.200 e. The zero-order chi connectivity index (χ0) is 28.7. The summed E-state index contributed by atoms with van der Waals surface area (Å²) in [4.78, 5) is 0. The summed E-state index contributed by atoms with van der Waals surface area (Å²) in [5, 5.41) is 4.73. The molecule has 2 fully saturated rings. The van der Waals surface area contributed by atoms with Crippen LogP contribution in [0, 0.1) is 6.92 Å². The Morgan fingerprint density at radius 2 is 1.44 bits per heavy atom. The summed E-state index contributed by atoms with van der Waals surface area (Å²) >= 11 is 0. The Morgan fingerprint density at radius 3 is 2.13 bits per heavy atom. The summed E-state index contributed by atoms with van der Waals surface area (Å²) in [5.74, 6) is 1.27. The zero-order valence-electron chi connectivity index (χ0n) is 26.4. The van der Waals surface area contributed by atoms with E-state index in [2.05, 4.69) is 80.7 Å². The minimum absolute atomic E-state index is 0.297. The van der Waals surface area contributed by atoms with Crippen molar-refractivity contribution in [3.05, 3.63) is 89.6 Å². The van der Waals surface area contributed by atoms with Gasteiger partial charge in [0.05, 0.1) is 12.3 Å². The van der Waals surface area contributed by atoms with E-state index in [4.69, 9.17) is 2.74 Å². The van der Waals surface area contributed by atoms with Crippen LogP contribution in [0.25, 0.3) is 22.0 Å². The number of aromatic nitrogens is 1. The molecule has 0 atom stereocenters. The first kappa shape index (κ1) is 24.1. The maximum atomic E-state index is 9.06. The van der Waals surface area contributed by atoms with Crippen LogP contribution in [-0.2, 0) is 7.05 Å². The first-order chi connectivity index (χ1) is 19.8. The summed E-state index contributed by atoms with van der Waals surface area (Å²) in [6.45, 7) is 7.12. The van der Waals surface area contributed by atoms with E-state index in [1.165, 1.54) is 91.3 Å². The maximum Gasteiger partial charge on any atom is 0.220 e. The molecule has 0 saturated heterocycles. The fourth-order valence-corrected chi connectivity index (χ4v) is 9.85. The summed E-state index contributed by atoms with van der Waals surface area (Å²) in [6.07, 6.45) is 13.5. The van der Waals surface area contributed by atoms with Gasteiger partial charge in [-0.15, -0.1) is 0 Å². The van der Waals surface area contributed by atoms with E-state index in [-0.39, 0.29) is 0 Å². The fraction of sp³-hybridized carbons (Fsp3) is 0.432. The van der Waals surface area contributed by atoms with Gasteiger partial charge in [-0.05, 0) is 78.7 Å². The highest BCUT2D eigenvalue weighted by Gasteiger charge is 2.29. The number of pyridine rings is 1. The minimum Gasteiger partial charge on any atom is -0.200 e. The van der Waals surface area contributed by atoms with Crippen LogP contribution in [0.15, 0.2) is 72.9 Å². The summed E-state index contributed by atoms with van der Waals surface area (Å²) in [5.41, 5.74) is 6.83. The van der Waals surface area contributed by atoms with Crippen molar-refractivity contribution in [3.63, 3.8) is 0 Å². The molecule has 0 amide bonds. The van der Waals surface area contributed by atoms with E-state index in [0.717, 1.165) is 16.5 Å². The van der Waals surface area contributed by atoms with Crippen LogP contribution in [0.3, 0.4) is 0 Å². The van der Waals surface area contributed by atoms with Gasteiger partial charge in [0.15, 0.2) is 6.17 Å². The lowest BCUT2D eigenvalue weighted by molar-refractivity contribution is -0.659. The van der Waals surface area contributed by atoms with Crippen molar-refractivity contribution in [2.45, 2.75) is 96.1 Å². The van der Waals surface area contributed by atoms with Gasteiger partial charge in [0, 0.05) is 6.04 Å². The van der Waals surface area contributed by atoms with E-state index in [0.29, 0.717) is 24.1 Å². The summed E-state index contributed by atoms with van der Waals surface area (Å²) < 4.78 is 20.1. The van der Waals surface area contributed by atoms with Crippen molar-refractivity contribution >= 4 is 29.2 Å². The lowest BCUT2D eigenvalue weighted by Crippen LogP contribution is -2.52. The fourth-order valence-electron chi connectivity index (χ4n) is 7.49. The molecule has 2 saturated carbocycles. The van der Waals surface area contributed by atoms with Gasteiger partial charge in [-0.1, -0.05) is 111 Å². The third-order valence-corrected chi connectivity index (χ3v) is 13.6. The van der Waals surface area contributed by atoms with E-state index in [9.17, 15) is 0 Å². The van der Waals surface area contributed by atoms with Crippen LogP contribution >= 0.6 is 0 Å². The van der Waals surface area contributed by atoms with Crippen molar-refractivity contribution in [2.24, 2.45) is 7.05 Å². The molecule has 0 aliphatic heterocycles. The number of benzene rings is 3. The second-order valence-electron chi connectivity index (χ2n) is 12.8. The third-order valence-electron chi connectivity index (χ3n) is 10.0. The molecular formula is C37H46NSi+. The van der Waals surface area contributed by atoms with Crippen molar-refractivity contribution in [1.29, 1.82) is 0 Å². The Hall–Kier alpha value is -2.71. The van der Waals surface area contributed by atoms with Gasteiger partial charge >= 0.3 is 0 Å². The average molecular weight is 535 g/mol. The summed E-state index contributed by atoms with van der Waals surface area (Å²) in [7, 11) is 0.0500. The third kappa shape index (κ3) is 5.13. The van der Waals surface area contributed by atoms with Gasteiger partial charge in [-0.25, -0.2) is 4.57 Å². The monoisotopic (exact) mass is 534 g/mol. The van der Waals surface area contributed by atoms with Crippen molar-refractivity contribution in [1.82, 2.24) is 0 Å². The molecule has 2 aliphatic carbocycles. The largest absolute Gasteiger partial charge is 0.220 e. The zero-order valence-corrected chi connectivity index (χ0v) is 25.4. The first-order valence-electron chi connectivity index (χ1n) is 16.4. The molecule has 39 heavy (non-hydrogen) atoms. The Labute approximate surface area is 240 Å². The molecule has 3 aromatic carbocycles.